The molecule has 1 amide bonds. The Labute approximate surface area is 201 Å². The SMILES string of the molecule is Cc1ccc2sc(N(CCN3CCOCC3)C(=O)c3ccc4ncsc4c3)nc2c1C.Cl. The minimum atomic E-state index is -0.0167. The van der Waals surface area contributed by atoms with E-state index in [1.165, 1.54) is 11.1 Å². The van der Waals surface area contributed by atoms with Gasteiger partial charge in [-0.15, -0.1) is 23.7 Å². The highest BCUT2D eigenvalue weighted by molar-refractivity contribution is 7.22. The van der Waals surface area contributed by atoms with Gasteiger partial charge in [0.05, 0.1) is 39.2 Å². The number of morpholine rings is 1. The zero-order chi connectivity index (χ0) is 21.4. The number of amides is 1. The molecule has 0 unspecified atom stereocenters. The van der Waals surface area contributed by atoms with Crippen LogP contribution in [-0.4, -0.2) is 60.2 Å². The van der Waals surface area contributed by atoms with Crippen molar-refractivity contribution in [1.29, 1.82) is 0 Å². The first-order chi connectivity index (χ1) is 15.1. The predicted molar refractivity (Wildman–Crippen MR) is 135 cm³/mol. The first-order valence-electron chi connectivity index (χ1n) is 10.4. The van der Waals surface area contributed by atoms with Crippen LogP contribution >= 0.6 is 35.1 Å². The summed E-state index contributed by atoms with van der Waals surface area (Å²) in [5.41, 5.74) is 6.78. The summed E-state index contributed by atoms with van der Waals surface area (Å²) in [5, 5.41) is 0.756. The quantitative estimate of drug-likeness (QED) is 0.399. The summed E-state index contributed by atoms with van der Waals surface area (Å²) in [6.07, 6.45) is 0. The first-order valence-corrected chi connectivity index (χ1v) is 12.1. The molecule has 9 heteroatoms. The van der Waals surface area contributed by atoms with E-state index in [0.29, 0.717) is 12.1 Å². The standard InChI is InChI=1S/C23H24N4O2S2.ClH/c1-15-3-6-19-21(16(15)2)25-23(31-19)27(8-7-26-9-11-29-12-10-26)22(28)17-4-5-18-20(13-17)30-14-24-18;/h3-6,13-14H,7-12H2,1-2H3;1H. The summed E-state index contributed by atoms with van der Waals surface area (Å²) in [7, 11) is 0. The molecule has 32 heavy (non-hydrogen) atoms. The van der Waals surface area contributed by atoms with Gasteiger partial charge < -0.3 is 4.74 Å². The van der Waals surface area contributed by atoms with E-state index in [1.807, 2.05) is 28.6 Å². The fraction of sp³-hybridized carbons (Fsp3) is 0.348. The number of thiazole rings is 2. The van der Waals surface area contributed by atoms with Crippen molar-refractivity contribution in [2.45, 2.75) is 13.8 Å². The lowest BCUT2D eigenvalue weighted by Gasteiger charge is -2.29. The van der Waals surface area contributed by atoms with Crippen LogP contribution in [0.25, 0.3) is 20.4 Å². The fourth-order valence-electron chi connectivity index (χ4n) is 3.82. The molecular formula is C23H25ClN4O2S2. The number of carbonyl (C=O) groups excluding carboxylic acids is 1. The largest absolute Gasteiger partial charge is 0.379 e. The molecule has 1 saturated heterocycles. The summed E-state index contributed by atoms with van der Waals surface area (Å²) in [6.45, 7) is 8.87. The molecule has 0 radical (unpaired) electrons. The molecule has 2 aromatic carbocycles. The molecule has 0 saturated carbocycles. The maximum Gasteiger partial charge on any atom is 0.260 e. The summed E-state index contributed by atoms with van der Waals surface area (Å²) in [6, 6.07) is 9.96. The number of nitrogens with zero attached hydrogens (tertiary/aromatic N) is 4. The van der Waals surface area contributed by atoms with E-state index in [0.717, 1.165) is 58.4 Å². The molecule has 0 bridgehead atoms. The molecule has 0 spiro atoms. The summed E-state index contributed by atoms with van der Waals surface area (Å²) < 4.78 is 7.60. The second-order valence-electron chi connectivity index (χ2n) is 7.80. The number of carbonyl (C=O) groups is 1. The Morgan fingerprint density at radius 2 is 1.97 bits per heavy atom. The molecular weight excluding hydrogens is 464 g/mol. The Morgan fingerprint density at radius 1 is 1.16 bits per heavy atom. The Hall–Kier alpha value is -2.10. The van der Waals surface area contributed by atoms with Crippen molar-refractivity contribution in [2.24, 2.45) is 0 Å². The van der Waals surface area contributed by atoms with Crippen molar-refractivity contribution in [3.05, 3.63) is 52.5 Å². The van der Waals surface area contributed by atoms with Crippen molar-refractivity contribution in [2.75, 3.05) is 44.3 Å². The highest BCUT2D eigenvalue weighted by Crippen LogP contribution is 2.33. The van der Waals surface area contributed by atoms with E-state index < -0.39 is 0 Å². The Bertz CT molecular complexity index is 1250. The second-order valence-corrected chi connectivity index (χ2v) is 9.69. The third kappa shape index (κ3) is 4.51. The number of halogens is 1. The van der Waals surface area contributed by atoms with E-state index in [9.17, 15) is 4.79 Å². The smallest absolute Gasteiger partial charge is 0.260 e. The van der Waals surface area contributed by atoms with Gasteiger partial charge in [-0.3, -0.25) is 14.6 Å². The number of fused-ring (bicyclic) bond motifs is 2. The fourth-order valence-corrected chi connectivity index (χ4v) is 5.59. The van der Waals surface area contributed by atoms with E-state index in [1.54, 1.807) is 22.7 Å². The van der Waals surface area contributed by atoms with Gasteiger partial charge in [0.1, 0.15) is 0 Å². The lowest BCUT2D eigenvalue weighted by molar-refractivity contribution is 0.0391. The van der Waals surface area contributed by atoms with Crippen LogP contribution < -0.4 is 4.90 Å². The van der Waals surface area contributed by atoms with Crippen molar-refractivity contribution in [3.63, 3.8) is 0 Å². The van der Waals surface area contributed by atoms with Gasteiger partial charge in [0.2, 0.25) is 0 Å². The predicted octanol–water partition coefficient (Wildman–Crippen LogP) is 4.92. The molecule has 1 aliphatic heterocycles. The maximum absolute atomic E-state index is 13.6. The Morgan fingerprint density at radius 3 is 2.78 bits per heavy atom. The molecule has 6 nitrogen and oxygen atoms in total. The normalized spacial score (nSPS) is 14.6. The van der Waals surface area contributed by atoms with Gasteiger partial charge >= 0.3 is 0 Å². The highest BCUT2D eigenvalue weighted by atomic mass is 35.5. The minimum absolute atomic E-state index is 0. The van der Waals surface area contributed by atoms with Gasteiger partial charge in [0.25, 0.3) is 5.91 Å². The number of aryl methyl sites for hydroxylation is 2. The third-order valence-electron chi connectivity index (χ3n) is 5.87. The molecule has 3 heterocycles. The first kappa shape index (κ1) is 23.1. The molecule has 5 rings (SSSR count). The molecule has 0 atom stereocenters. The number of aromatic nitrogens is 2. The lowest BCUT2D eigenvalue weighted by Crippen LogP contribution is -2.43. The zero-order valence-electron chi connectivity index (χ0n) is 18.0. The molecule has 4 aromatic rings. The van der Waals surface area contributed by atoms with E-state index in [-0.39, 0.29) is 18.3 Å². The van der Waals surface area contributed by atoms with Gasteiger partial charge in [-0.1, -0.05) is 17.4 Å². The lowest BCUT2D eigenvalue weighted by atomic mass is 10.1. The number of hydrogen-bond acceptors (Lipinski definition) is 7. The van der Waals surface area contributed by atoms with Crippen LogP contribution in [-0.2, 0) is 4.74 Å². The van der Waals surface area contributed by atoms with Crippen LogP contribution in [0.15, 0.2) is 35.8 Å². The minimum Gasteiger partial charge on any atom is -0.379 e. The molecule has 2 aromatic heterocycles. The summed E-state index contributed by atoms with van der Waals surface area (Å²) >= 11 is 3.14. The second kappa shape index (κ2) is 9.80. The molecule has 0 N–H and O–H groups in total. The third-order valence-corrected chi connectivity index (χ3v) is 7.71. The summed E-state index contributed by atoms with van der Waals surface area (Å²) in [5.74, 6) is -0.0167. The topological polar surface area (TPSA) is 58.6 Å². The van der Waals surface area contributed by atoms with Crippen LogP contribution in [0, 0.1) is 13.8 Å². The highest BCUT2D eigenvalue weighted by Gasteiger charge is 2.24. The number of rotatable bonds is 5. The van der Waals surface area contributed by atoms with Gasteiger partial charge in [-0.25, -0.2) is 9.97 Å². The van der Waals surface area contributed by atoms with Crippen LogP contribution in [0.3, 0.4) is 0 Å². The molecule has 1 fully saturated rings. The van der Waals surface area contributed by atoms with Gasteiger partial charge in [0.15, 0.2) is 5.13 Å². The number of benzene rings is 2. The van der Waals surface area contributed by atoms with Gasteiger partial charge in [-0.2, -0.15) is 0 Å². The van der Waals surface area contributed by atoms with E-state index in [2.05, 4.69) is 35.9 Å². The maximum atomic E-state index is 13.6. The zero-order valence-corrected chi connectivity index (χ0v) is 20.5. The van der Waals surface area contributed by atoms with Gasteiger partial charge in [-0.05, 0) is 49.2 Å². The Kier molecular flexibility index (Phi) is 7.07. The van der Waals surface area contributed by atoms with Crippen molar-refractivity contribution < 1.29 is 9.53 Å². The van der Waals surface area contributed by atoms with Gasteiger partial charge in [0, 0.05) is 31.7 Å². The van der Waals surface area contributed by atoms with Crippen LogP contribution in [0.1, 0.15) is 21.5 Å². The number of anilines is 1. The van der Waals surface area contributed by atoms with E-state index >= 15 is 0 Å². The van der Waals surface area contributed by atoms with Crippen LogP contribution in [0.5, 0.6) is 0 Å². The molecule has 168 valence electrons. The number of ether oxygens (including phenoxy) is 1. The molecule has 0 aliphatic carbocycles. The average molecular weight is 489 g/mol. The van der Waals surface area contributed by atoms with Crippen LogP contribution in [0.4, 0.5) is 5.13 Å². The average Bonchev–Trinajstić information content (AvgIpc) is 3.44. The summed E-state index contributed by atoms with van der Waals surface area (Å²) in [4.78, 5) is 27.1. The Balaban J connectivity index is 0.00000245. The number of hydrogen-bond donors (Lipinski definition) is 0. The monoisotopic (exact) mass is 488 g/mol. The van der Waals surface area contributed by atoms with Crippen molar-refractivity contribution >= 4 is 66.6 Å². The van der Waals surface area contributed by atoms with Crippen LogP contribution in [0.2, 0.25) is 0 Å². The van der Waals surface area contributed by atoms with Crippen molar-refractivity contribution in [3.8, 4) is 0 Å². The van der Waals surface area contributed by atoms with E-state index in [4.69, 9.17) is 9.72 Å². The molecule has 1 aliphatic rings. The van der Waals surface area contributed by atoms with Crippen molar-refractivity contribution in [1.82, 2.24) is 14.9 Å².